The molecule has 2 heteroatoms. The monoisotopic (exact) mass is 143 g/mol. The molecule has 0 spiro atoms. The molecule has 0 rings (SSSR count). The number of hydrogen-bond acceptors (Lipinski definition) is 2. The van der Waals surface area contributed by atoms with Crippen molar-refractivity contribution in [2.75, 3.05) is 26.2 Å². The lowest BCUT2D eigenvalue weighted by Crippen LogP contribution is -2.30. The lowest BCUT2D eigenvalue weighted by molar-refractivity contribution is 0.306. The smallest absolute Gasteiger partial charge is 0.0190 e. The molecule has 0 fully saturated rings. The molecule has 0 amide bonds. The molecule has 0 aliphatic heterocycles. The van der Waals surface area contributed by atoms with Gasteiger partial charge in [0.05, 0.1) is 0 Å². The van der Waals surface area contributed by atoms with Crippen molar-refractivity contribution in [1.29, 1.82) is 0 Å². The van der Waals surface area contributed by atoms with Crippen molar-refractivity contribution in [3.63, 3.8) is 0 Å². The van der Waals surface area contributed by atoms with E-state index >= 15 is 0 Å². The second kappa shape index (κ2) is 7.03. The SMILES string of the molecule is C[CH]NCCN(CC)CC. The van der Waals surface area contributed by atoms with Gasteiger partial charge in [-0.25, -0.2) is 0 Å². The molecule has 0 aromatic heterocycles. The fourth-order valence-electron chi connectivity index (χ4n) is 0.907. The highest BCUT2D eigenvalue weighted by molar-refractivity contribution is 4.58. The molecular formula is C8H19N2. The summed E-state index contributed by atoms with van der Waals surface area (Å²) >= 11 is 0. The Balaban J connectivity index is 3.09. The first-order valence-corrected chi connectivity index (χ1v) is 4.08. The van der Waals surface area contributed by atoms with Crippen LogP contribution in [0.4, 0.5) is 0 Å². The predicted octanol–water partition coefficient (Wildman–Crippen LogP) is 1.10. The summed E-state index contributed by atoms with van der Waals surface area (Å²) < 4.78 is 0. The van der Waals surface area contributed by atoms with E-state index in [9.17, 15) is 0 Å². The van der Waals surface area contributed by atoms with Crippen molar-refractivity contribution < 1.29 is 0 Å². The zero-order chi connectivity index (χ0) is 7.82. The number of hydrogen-bond donors (Lipinski definition) is 1. The molecule has 1 N–H and O–H groups in total. The zero-order valence-corrected chi connectivity index (χ0v) is 7.35. The Morgan fingerprint density at radius 2 is 1.90 bits per heavy atom. The first-order valence-electron chi connectivity index (χ1n) is 4.08. The van der Waals surface area contributed by atoms with E-state index in [1.54, 1.807) is 0 Å². The molecule has 1 radical (unpaired) electrons. The van der Waals surface area contributed by atoms with E-state index in [-0.39, 0.29) is 0 Å². The Kier molecular flexibility index (Phi) is 6.98. The molecular weight excluding hydrogens is 124 g/mol. The molecule has 0 saturated heterocycles. The third kappa shape index (κ3) is 4.77. The molecule has 61 valence electrons. The molecule has 0 aromatic rings. The molecule has 0 heterocycles. The summed E-state index contributed by atoms with van der Waals surface area (Å²) in [5.74, 6) is 0. The summed E-state index contributed by atoms with van der Waals surface area (Å²) in [5, 5.41) is 3.18. The minimum Gasteiger partial charge on any atom is -0.311 e. The maximum atomic E-state index is 3.18. The summed E-state index contributed by atoms with van der Waals surface area (Å²) in [6.45, 7) is 12.9. The summed E-state index contributed by atoms with van der Waals surface area (Å²) in [4.78, 5) is 2.40. The van der Waals surface area contributed by atoms with Crippen molar-refractivity contribution in [2.24, 2.45) is 0 Å². The Bertz CT molecular complexity index is 60.3. The number of nitrogens with zero attached hydrogens (tertiary/aromatic N) is 1. The van der Waals surface area contributed by atoms with E-state index in [0.717, 1.165) is 26.2 Å². The highest BCUT2D eigenvalue weighted by Gasteiger charge is 1.95. The Morgan fingerprint density at radius 1 is 1.30 bits per heavy atom. The van der Waals surface area contributed by atoms with E-state index in [1.165, 1.54) is 0 Å². The van der Waals surface area contributed by atoms with Crippen molar-refractivity contribution in [3.05, 3.63) is 6.54 Å². The highest BCUT2D eigenvalue weighted by atomic mass is 15.1. The lowest BCUT2D eigenvalue weighted by Gasteiger charge is -2.17. The van der Waals surface area contributed by atoms with Crippen LogP contribution in [0.15, 0.2) is 0 Å². The second-order valence-corrected chi connectivity index (χ2v) is 2.27. The third-order valence-corrected chi connectivity index (χ3v) is 1.67. The van der Waals surface area contributed by atoms with Gasteiger partial charge in [-0.05, 0) is 20.0 Å². The van der Waals surface area contributed by atoms with Gasteiger partial charge in [-0.3, -0.25) is 0 Å². The summed E-state index contributed by atoms with van der Waals surface area (Å²) in [7, 11) is 0. The second-order valence-electron chi connectivity index (χ2n) is 2.27. The molecule has 0 aliphatic carbocycles. The highest BCUT2D eigenvalue weighted by Crippen LogP contribution is 1.83. The van der Waals surface area contributed by atoms with Crippen molar-refractivity contribution in [1.82, 2.24) is 10.2 Å². The van der Waals surface area contributed by atoms with Gasteiger partial charge in [0.25, 0.3) is 0 Å². The van der Waals surface area contributed by atoms with E-state index < -0.39 is 0 Å². The summed E-state index contributed by atoms with van der Waals surface area (Å²) in [6, 6.07) is 0. The molecule has 0 saturated carbocycles. The van der Waals surface area contributed by atoms with Gasteiger partial charge in [0.1, 0.15) is 0 Å². The van der Waals surface area contributed by atoms with E-state index in [2.05, 4.69) is 24.1 Å². The minimum absolute atomic E-state index is 1.07. The average molecular weight is 143 g/mol. The first-order chi connectivity index (χ1) is 4.85. The van der Waals surface area contributed by atoms with Crippen molar-refractivity contribution >= 4 is 0 Å². The van der Waals surface area contributed by atoms with E-state index in [0.29, 0.717) is 0 Å². The minimum atomic E-state index is 1.07. The van der Waals surface area contributed by atoms with E-state index in [1.807, 2.05) is 13.5 Å². The van der Waals surface area contributed by atoms with Gasteiger partial charge in [0.15, 0.2) is 0 Å². The number of rotatable bonds is 6. The topological polar surface area (TPSA) is 15.3 Å². The van der Waals surface area contributed by atoms with Crippen LogP contribution in [0.2, 0.25) is 0 Å². The maximum Gasteiger partial charge on any atom is 0.0190 e. The van der Waals surface area contributed by atoms with Gasteiger partial charge in [-0.15, -0.1) is 0 Å². The van der Waals surface area contributed by atoms with Crippen molar-refractivity contribution in [2.45, 2.75) is 20.8 Å². The van der Waals surface area contributed by atoms with Crippen LogP contribution in [0.1, 0.15) is 20.8 Å². The Morgan fingerprint density at radius 3 is 2.30 bits per heavy atom. The van der Waals surface area contributed by atoms with Crippen LogP contribution >= 0.6 is 0 Å². The van der Waals surface area contributed by atoms with Crippen LogP contribution in [0, 0.1) is 6.54 Å². The van der Waals surface area contributed by atoms with Crippen LogP contribution in [0.25, 0.3) is 0 Å². The first kappa shape index (κ1) is 9.92. The van der Waals surface area contributed by atoms with Crippen molar-refractivity contribution in [3.8, 4) is 0 Å². The van der Waals surface area contributed by atoms with Gasteiger partial charge in [-0.1, -0.05) is 13.8 Å². The largest absolute Gasteiger partial charge is 0.311 e. The fraction of sp³-hybridized carbons (Fsp3) is 0.875. The van der Waals surface area contributed by atoms with E-state index in [4.69, 9.17) is 0 Å². The van der Waals surface area contributed by atoms with Crippen LogP contribution in [0.3, 0.4) is 0 Å². The summed E-state index contributed by atoms with van der Waals surface area (Å²) in [5.41, 5.74) is 0. The van der Waals surface area contributed by atoms with Crippen LogP contribution in [0.5, 0.6) is 0 Å². The van der Waals surface area contributed by atoms with Gasteiger partial charge in [0, 0.05) is 19.6 Å². The van der Waals surface area contributed by atoms with Gasteiger partial charge in [-0.2, -0.15) is 0 Å². The molecule has 0 aromatic carbocycles. The number of nitrogens with one attached hydrogen (secondary N) is 1. The molecule has 0 atom stereocenters. The molecule has 0 bridgehead atoms. The van der Waals surface area contributed by atoms with Gasteiger partial charge < -0.3 is 10.2 Å². The third-order valence-electron chi connectivity index (χ3n) is 1.67. The molecule has 2 nitrogen and oxygen atoms in total. The lowest BCUT2D eigenvalue weighted by atomic mass is 10.4. The normalized spacial score (nSPS) is 10.8. The average Bonchev–Trinajstić information content (AvgIpc) is 1.99. The Hall–Kier alpha value is -0.0800. The zero-order valence-electron chi connectivity index (χ0n) is 7.35. The van der Waals surface area contributed by atoms with Gasteiger partial charge in [0.2, 0.25) is 0 Å². The maximum absolute atomic E-state index is 3.18. The molecule has 0 aliphatic rings. The van der Waals surface area contributed by atoms with Crippen LogP contribution < -0.4 is 5.32 Å². The molecule has 0 unspecified atom stereocenters. The predicted molar refractivity (Wildman–Crippen MR) is 45.8 cm³/mol. The van der Waals surface area contributed by atoms with Gasteiger partial charge >= 0.3 is 0 Å². The molecule has 10 heavy (non-hydrogen) atoms. The Labute approximate surface area is 64.6 Å². The number of likely N-dealkylation sites (N-methyl/N-ethyl adjacent to an activating group) is 1. The standard InChI is InChI=1S/C8H19N2/c1-4-9-7-8-10(5-2)6-3/h4,9H,5-8H2,1-3H3. The quantitative estimate of drug-likeness (QED) is 0.560. The fourth-order valence-corrected chi connectivity index (χ4v) is 0.907. The summed E-state index contributed by atoms with van der Waals surface area (Å²) in [6.07, 6.45) is 0. The van der Waals surface area contributed by atoms with Crippen LogP contribution in [-0.4, -0.2) is 31.1 Å². The van der Waals surface area contributed by atoms with Crippen LogP contribution in [-0.2, 0) is 0 Å².